The van der Waals surface area contributed by atoms with E-state index in [0.717, 1.165) is 0 Å². The fraction of sp³-hybridized carbons (Fsp3) is 0.600. The number of rotatable bonds is 0. The second kappa shape index (κ2) is 1.87. The first-order valence-electron chi connectivity index (χ1n) is 2.31. The van der Waals surface area contributed by atoms with E-state index in [9.17, 15) is 0 Å². The van der Waals surface area contributed by atoms with E-state index in [-0.39, 0.29) is 6.10 Å². The maximum absolute atomic E-state index is 4.97. The molecular formula is C5H8O2. The van der Waals surface area contributed by atoms with Gasteiger partial charge in [-0.3, -0.25) is 0 Å². The molecule has 0 aromatic rings. The van der Waals surface area contributed by atoms with Crippen LogP contribution in [0.5, 0.6) is 0 Å². The zero-order valence-corrected chi connectivity index (χ0v) is 4.26. The van der Waals surface area contributed by atoms with Gasteiger partial charge in [-0.25, -0.2) is 0 Å². The zero-order valence-electron chi connectivity index (χ0n) is 4.26. The first-order valence-corrected chi connectivity index (χ1v) is 2.31. The van der Waals surface area contributed by atoms with Crippen molar-refractivity contribution < 1.29 is 9.47 Å². The highest BCUT2D eigenvalue weighted by Gasteiger charge is 2.01. The molecule has 0 aromatic heterocycles. The molecule has 1 atom stereocenters. The van der Waals surface area contributed by atoms with Crippen LogP contribution in [0.3, 0.4) is 0 Å². The fourth-order valence-electron chi connectivity index (χ4n) is 0.436. The summed E-state index contributed by atoms with van der Waals surface area (Å²) in [6.07, 6.45) is 3.35. The summed E-state index contributed by atoms with van der Waals surface area (Å²) < 4.78 is 9.85. The average Bonchev–Trinajstić information content (AvgIpc) is 1.69. The Morgan fingerprint density at radius 1 is 1.57 bits per heavy atom. The molecule has 0 spiro atoms. The monoisotopic (exact) mass is 100 g/mol. The highest BCUT2D eigenvalue weighted by Crippen LogP contribution is 1.98. The number of hydrogen-bond acceptors (Lipinski definition) is 2. The predicted molar refractivity (Wildman–Crippen MR) is 25.6 cm³/mol. The van der Waals surface area contributed by atoms with E-state index in [1.54, 1.807) is 12.5 Å². The summed E-state index contributed by atoms with van der Waals surface area (Å²) in [4.78, 5) is 0. The molecule has 1 aliphatic heterocycles. The molecule has 0 amide bonds. The molecule has 1 rings (SSSR count). The zero-order chi connectivity index (χ0) is 5.11. The van der Waals surface area contributed by atoms with Gasteiger partial charge in [0.1, 0.15) is 25.2 Å². The second-order valence-corrected chi connectivity index (χ2v) is 1.55. The Bertz CT molecular complexity index is 78.1. The summed E-state index contributed by atoms with van der Waals surface area (Å²) in [7, 11) is 0. The van der Waals surface area contributed by atoms with Gasteiger partial charge in [-0.15, -0.1) is 0 Å². The highest BCUT2D eigenvalue weighted by atomic mass is 16.6. The van der Waals surface area contributed by atoms with Gasteiger partial charge in [0, 0.05) is 0 Å². The van der Waals surface area contributed by atoms with Crippen LogP contribution >= 0.6 is 0 Å². The van der Waals surface area contributed by atoms with Gasteiger partial charge in [0.25, 0.3) is 0 Å². The maximum Gasteiger partial charge on any atom is 0.129 e. The minimum atomic E-state index is 0.227. The van der Waals surface area contributed by atoms with Gasteiger partial charge in [0.05, 0.1) is 0 Å². The lowest BCUT2D eigenvalue weighted by atomic mass is 10.4. The van der Waals surface area contributed by atoms with Crippen LogP contribution in [0.2, 0.25) is 0 Å². The van der Waals surface area contributed by atoms with Crippen LogP contribution in [0.15, 0.2) is 12.5 Å². The molecule has 2 heteroatoms. The van der Waals surface area contributed by atoms with Crippen molar-refractivity contribution in [1.82, 2.24) is 0 Å². The van der Waals surface area contributed by atoms with Crippen molar-refractivity contribution in [1.29, 1.82) is 0 Å². The normalized spacial score (nSPS) is 28.4. The Labute approximate surface area is 42.7 Å². The molecule has 0 N–H and O–H groups in total. The topological polar surface area (TPSA) is 18.5 Å². The summed E-state index contributed by atoms with van der Waals surface area (Å²) in [6.45, 7) is 2.64. The minimum Gasteiger partial charge on any atom is -0.494 e. The van der Waals surface area contributed by atoms with Crippen molar-refractivity contribution in [3.05, 3.63) is 12.5 Å². The Morgan fingerprint density at radius 3 is 2.71 bits per heavy atom. The maximum atomic E-state index is 4.97. The van der Waals surface area contributed by atoms with Crippen molar-refractivity contribution in [3.8, 4) is 0 Å². The van der Waals surface area contributed by atoms with Gasteiger partial charge in [0.15, 0.2) is 0 Å². The van der Waals surface area contributed by atoms with E-state index in [4.69, 9.17) is 9.47 Å². The number of ether oxygens (including phenoxy) is 2. The van der Waals surface area contributed by atoms with Gasteiger partial charge in [-0.05, 0) is 6.92 Å². The van der Waals surface area contributed by atoms with Gasteiger partial charge in [-0.1, -0.05) is 0 Å². The van der Waals surface area contributed by atoms with Crippen molar-refractivity contribution >= 4 is 0 Å². The third kappa shape index (κ3) is 1.11. The molecule has 7 heavy (non-hydrogen) atoms. The van der Waals surface area contributed by atoms with E-state index in [2.05, 4.69) is 0 Å². The molecule has 1 aliphatic rings. The fourth-order valence-corrected chi connectivity index (χ4v) is 0.436. The summed E-state index contributed by atoms with van der Waals surface area (Å²) in [6, 6.07) is 0. The van der Waals surface area contributed by atoms with Crippen LogP contribution in [0.1, 0.15) is 6.92 Å². The van der Waals surface area contributed by atoms with E-state index < -0.39 is 0 Å². The van der Waals surface area contributed by atoms with E-state index in [1.165, 1.54) is 0 Å². The van der Waals surface area contributed by atoms with Crippen LogP contribution < -0.4 is 0 Å². The quantitative estimate of drug-likeness (QED) is 0.450. The van der Waals surface area contributed by atoms with Crippen LogP contribution in [0.25, 0.3) is 0 Å². The molecule has 0 bridgehead atoms. The molecule has 2 nitrogen and oxygen atoms in total. The molecule has 0 aromatic carbocycles. The predicted octanol–water partition coefficient (Wildman–Crippen LogP) is 0.893. The van der Waals surface area contributed by atoms with Crippen LogP contribution in [-0.4, -0.2) is 12.7 Å². The molecule has 0 saturated carbocycles. The largest absolute Gasteiger partial charge is 0.494 e. The third-order valence-electron chi connectivity index (χ3n) is 0.794. The lowest BCUT2D eigenvalue weighted by molar-refractivity contribution is 0.0452. The van der Waals surface area contributed by atoms with Gasteiger partial charge < -0.3 is 9.47 Å². The second-order valence-electron chi connectivity index (χ2n) is 1.55. The first kappa shape index (κ1) is 4.50. The highest BCUT2D eigenvalue weighted by molar-refractivity contribution is 4.69. The van der Waals surface area contributed by atoms with E-state index in [1.807, 2.05) is 6.92 Å². The van der Waals surface area contributed by atoms with E-state index >= 15 is 0 Å². The van der Waals surface area contributed by atoms with Gasteiger partial charge in [0.2, 0.25) is 0 Å². The molecule has 0 saturated heterocycles. The first-order chi connectivity index (χ1) is 3.39. The SMILES string of the molecule is C[C@@H]1COC=CO1. The smallest absolute Gasteiger partial charge is 0.129 e. The van der Waals surface area contributed by atoms with Crippen LogP contribution in [0.4, 0.5) is 0 Å². The summed E-state index contributed by atoms with van der Waals surface area (Å²) in [5.41, 5.74) is 0. The van der Waals surface area contributed by atoms with Crippen molar-refractivity contribution in [3.63, 3.8) is 0 Å². The molecule has 0 aliphatic carbocycles. The Kier molecular flexibility index (Phi) is 1.20. The standard InChI is InChI=1S/C5H8O2/c1-5-4-6-2-3-7-5/h2-3,5H,4H2,1H3/t5-/m1/s1. The summed E-state index contributed by atoms with van der Waals surface area (Å²) >= 11 is 0. The van der Waals surface area contributed by atoms with Crippen LogP contribution in [0, 0.1) is 0 Å². The Morgan fingerprint density at radius 2 is 2.43 bits per heavy atom. The molecule has 0 radical (unpaired) electrons. The molecule has 0 fully saturated rings. The average molecular weight is 100 g/mol. The lowest BCUT2D eigenvalue weighted by Gasteiger charge is -2.14. The molecule has 40 valence electrons. The Balaban J connectivity index is 2.32. The number of hydrogen-bond donors (Lipinski definition) is 0. The summed E-state index contributed by atoms with van der Waals surface area (Å²) in [5, 5.41) is 0. The molecular weight excluding hydrogens is 92.1 g/mol. The molecule has 0 unspecified atom stereocenters. The van der Waals surface area contributed by atoms with E-state index in [0.29, 0.717) is 6.61 Å². The van der Waals surface area contributed by atoms with Gasteiger partial charge >= 0.3 is 0 Å². The van der Waals surface area contributed by atoms with Crippen molar-refractivity contribution in [2.24, 2.45) is 0 Å². The van der Waals surface area contributed by atoms with Gasteiger partial charge in [-0.2, -0.15) is 0 Å². The lowest BCUT2D eigenvalue weighted by Crippen LogP contribution is -2.14. The molecule has 1 heterocycles. The Hall–Kier alpha value is -0.660. The minimum absolute atomic E-state index is 0.227. The van der Waals surface area contributed by atoms with Crippen molar-refractivity contribution in [2.45, 2.75) is 13.0 Å². The van der Waals surface area contributed by atoms with Crippen molar-refractivity contribution in [2.75, 3.05) is 6.61 Å². The van der Waals surface area contributed by atoms with Crippen LogP contribution in [-0.2, 0) is 9.47 Å². The third-order valence-corrected chi connectivity index (χ3v) is 0.794. The summed E-state index contributed by atoms with van der Waals surface area (Å²) in [5.74, 6) is 0.